The maximum absolute atomic E-state index is 12.9. The molecule has 1 N–H and O–H groups in total. The summed E-state index contributed by atoms with van der Waals surface area (Å²) in [5.74, 6) is -0.590. The summed E-state index contributed by atoms with van der Waals surface area (Å²) in [6.07, 6.45) is 4.51. The number of phenolic OH excluding ortho intramolecular Hbond substituents is 1. The molecule has 0 spiro atoms. The SMILES string of the molecule is Oc1cc(F)cc(-c2cncnc2)c1. The summed E-state index contributed by atoms with van der Waals surface area (Å²) in [4.78, 5) is 7.61. The highest BCUT2D eigenvalue weighted by atomic mass is 19.1. The summed E-state index contributed by atoms with van der Waals surface area (Å²) >= 11 is 0. The zero-order valence-corrected chi connectivity index (χ0v) is 7.18. The van der Waals surface area contributed by atoms with E-state index in [1.54, 1.807) is 12.4 Å². The van der Waals surface area contributed by atoms with Crippen LogP contribution in [0.1, 0.15) is 0 Å². The number of benzene rings is 1. The molecule has 0 atom stereocenters. The zero-order valence-electron chi connectivity index (χ0n) is 7.18. The standard InChI is InChI=1S/C10H7FN2O/c11-9-1-7(2-10(14)3-9)8-4-12-6-13-5-8/h1-6,14H. The molecule has 0 bridgehead atoms. The van der Waals surface area contributed by atoms with Crippen LogP contribution in [0, 0.1) is 5.82 Å². The molecule has 0 aliphatic carbocycles. The van der Waals surface area contributed by atoms with Crippen molar-refractivity contribution in [3.05, 3.63) is 42.7 Å². The first-order valence-corrected chi connectivity index (χ1v) is 4.00. The van der Waals surface area contributed by atoms with Crippen LogP contribution < -0.4 is 0 Å². The van der Waals surface area contributed by atoms with Gasteiger partial charge in [0.05, 0.1) is 0 Å². The van der Waals surface area contributed by atoms with E-state index in [2.05, 4.69) is 9.97 Å². The first-order valence-electron chi connectivity index (χ1n) is 4.00. The summed E-state index contributed by atoms with van der Waals surface area (Å²) in [6.45, 7) is 0. The average molecular weight is 190 g/mol. The minimum atomic E-state index is -0.483. The topological polar surface area (TPSA) is 46.0 Å². The first kappa shape index (κ1) is 8.62. The Morgan fingerprint density at radius 2 is 1.71 bits per heavy atom. The van der Waals surface area contributed by atoms with Crippen molar-refractivity contribution in [3.8, 4) is 16.9 Å². The van der Waals surface area contributed by atoms with Crippen molar-refractivity contribution in [2.45, 2.75) is 0 Å². The van der Waals surface area contributed by atoms with Gasteiger partial charge in [-0.05, 0) is 17.7 Å². The van der Waals surface area contributed by atoms with Gasteiger partial charge in [-0.15, -0.1) is 0 Å². The number of halogens is 1. The number of hydrogen-bond acceptors (Lipinski definition) is 3. The molecule has 1 aromatic heterocycles. The largest absolute Gasteiger partial charge is 0.508 e. The monoisotopic (exact) mass is 190 g/mol. The Morgan fingerprint density at radius 1 is 1.00 bits per heavy atom. The van der Waals surface area contributed by atoms with Crippen LogP contribution in [0.2, 0.25) is 0 Å². The molecule has 14 heavy (non-hydrogen) atoms. The Balaban J connectivity index is 2.52. The van der Waals surface area contributed by atoms with Crippen LogP contribution in [0.5, 0.6) is 5.75 Å². The van der Waals surface area contributed by atoms with Crippen molar-refractivity contribution in [2.75, 3.05) is 0 Å². The fraction of sp³-hybridized carbons (Fsp3) is 0. The van der Waals surface area contributed by atoms with Gasteiger partial charge in [-0.2, -0.15) is 0 Å². The van der Waals surface area contributed by atoms with E-state index >= 15 is 0 Å². The normalized spacial score (nSPS) is 10.1. The predicted octanol–water partition coefficient (Wildman–Crippen LogP) is 1.99. The Hall–Kier alpha value is -1.97. The van der Waals surface area contributed by atoms with Crippen molar-refractivity contribution in [3.63, 3.8) is 0 Å². The summed E-state index contributed by atoms with van der Waals surface area (Å²) < 4.78 is 12.9. The van der Waals surface area contributed by atoms with Crippen LogP contribution in [0.25, 0.3) is 11.1 Å². The van der Waals surface area contributed by atoms with Crippen LogP contribution in [0.4, 0.5) is 4.39 Å². The van der Waals surface area contributed by atoms with Gasteiger partial charge in [0, 0.05) is 24.0 Å². The van der Waals surface area contributed by atoms with Gasteiger partial charge in [0.1, 0.15) is 17.9 Å². The zero-order chi connectivity index (χ0) is 9.97. The molecule has 2 aromatic rings. The highest BCUT2D eigenvalue weighted by Gasteiger charge is 2.02. The minimum Gasteiger partial charge on any atom is -0.508 e. The van der Waals surface area contributed by atoms with Crippen molar-refractivity contribution >= 4 is 0 Å². The molecule has 0 amide bonds. The molecule has 0 radical (unpaired) electrons. The molecule has 1 heterocycles. The summed E-state index contributed by atoms with van der Waals surface area (Å²) in [6, 6.07) is 3.83. The Morgan fingerprint density at radius 3 is 2.36 bits per heavy atom. The molecule has 0 saturated heterocycles. The van der Waals surface area contributed by atoms with Gasteiger partial charge >= 0.3 is 0 Å². The Bertz CT molecular complexity index is 425. The lowest BCUT2D eigenvalue weighted by Gasteiger charge is -2.01. The summed E-state index contributed by atoms with van der Waals surface area (Å²) in [7, 11) is 0. The van der Waals surface area contributed by atoms with Crippen LogP contribution in [0.3, 0.4) is 0 Å². The Labute approximate surface area is 79.9 Å². The second kappa shape index (κ2) is 3.41. The maximum atomic E-state index is 12.9. The molecule has 0 aliphatic rings. The molecular weight excluding hydrogens is 183 g/mol. The van der Waals surface area contributed by atoms with E-state index in [0.717, 1.165) is 6.07 Å². The highest BCUT2D eigenvalue weighted by Crippen LogP contribution is 2.23. The lowest BCUT2D eigenvalue weighted by Crippen LogP contribution is -1.83. The smallest absolute Gasteiger partial charge is 0.127 e. The van der Waals surface area contributed by atoms with Crippen molar-refractivity contribution < 1.29 is 9.50 Å². The third-order valence-corrected chi connectivity index (χ3v) is 1.78. The number of aromatic hydroxyl groups is 1. The Kier molecular flexibility index (Phi) is 2.10. The van der Waals surface area contributed by atoms with Gasteiger partial charge in [0.25, 0.3) is 0 Å². The number of aromatic nitrogens is 2. The molecule has 3 nitrogen and oxygen atoms in total. The maximum Gasteiger partial charge on any atom is 0.127 e. The van der Waals surface area contributed by atoms with Gasteiger partial charge < -0.3 is 5.11 Å². The third kappa shape index (κ3) is 1.69. The van der Waals surface area contributed by atoms with Crippen molar-refractivity contribution in [1.29, 1.82) is 0 Å². The van der Waals surface area contributed by atoms with Crippen LogP contribution in [-0.4, -0.2) is 15.1 Å². The minimum absolute atomic E-state index is 0.108. The number of hydrogen-bond donors (Lipinski definition) is 1. The predicted molar refractivity (Wildman–Crippen MR) is 49.1 cm³/mol. The van der Waals surface area contributed by atoms with E-state index in [1.165, 1.54) is 18.5 Å². The number of rotatable bonds is 1. The molecule has 70 valence electrons. The first-order chi connectivity index (χ1) is 6.75. The third-order valence-electron chi connectivity index (χ3n) is 1.78. The summed E-state index contributed by atoms with van der Waals surface area (Å²) in [5.41, 5.74) is 1.23. The molecule has 0 fully saturated rings. The molecular formula is C10H7FN2O. The number of nitrogens with zero attached hydrogens (tertiary/aromatic N) is 2. The molecule has 0 saturated carbocycles. The van der Waals surface area contributed by atoms with Gasteiger partial charge in [0.2, 0.25) is 0 Å². The molecule has 4 heteroatoms. The van der Waals surface area contributed by atoms with E-state index in [-0.39, 0.29) is 5.75 Å². The van der Waals surface area contributed by atoms with E-state index in [0.29, 0.717) is 11.1 Å². The van der Waals surface area contributed by atoms with E-state index in [4.69, 9.17) is 0 Å². The van der Waals surface area contributed by atoms with Gasteiger partial charge in [-0.25, -0.2) is 14.4 Å². The second-order valence-corrected chi connectivity index (χ2v) is 2.83. The fourth-order valence-corrected chi connectivity index (χ4v) is 1.19. The average Bonchev–Trinajstić information content (AvgIpc) is 2.18. The van der Waals surface area contributed by atoms with Crippen LogP contribution >= 0.6 is 0 Å². The highest BCUT2D eigenvalue weighted by molar-refractivity contribution is 5.63. The number of phenols is 1. The molecule has 0 aliphatic heterocycles. The van der Waals surface area contributed by atoms with Gasteiger partial charge in [-0.3, -0.25) is 0 Å². The van der Waals surface area contributed by atoms with Crippen LogP contribution in [0.15, 0.2) is 36.9 Å². The lowest BCUT2D eigenvalue weighted by molar-refractivity contribution is 0.469. The molecule has 2 rings (SSSR count). The molecule has 1 aromatic carbocycles. The van der Waals surface area contributed by atoms with Gasteiger partial charge in [-0.1, -0.05) is 0 Å². The fourth-order valence-electron chi connectivity index (χ4n) is 1.19. The van der Waals surface area contributed by atoms with Gasteiger partial charge in [0.15, 0.2) is 0 Å². The second-order valence-electron chi connectivity index (χ2n) is 2.83. The molecule has 0 unspecified atom stereocenters. The van der Waals surface area contributed by atoms with Crippen LogP contribution in [-0.2, 0) is 0 Å². The van der Waals surface area contributed by atoms with Crippen molar-refractivity contribution in [1.82, 2.24) is 9.97 Å². The van der Waals surface area contributed by atoms with Crippen molar-refractivity contribution in [2.24, 2.45) is 0 Å². The summed E-state index contributed by atoms with van der Waals surface area (Å²) in [5, 5.41) is 9.17. The quantitative estimate of drug-likeness (QED) is 0.747. The van der Waals surface area contributed by atoms with E-state index < -0.39 is 5.82 Å². The van der Waals surface area contributed by atoms with E-state index in [9.17, 15) is 9.50 Å². The van der Waals surface area contributed by atoms with E-state index in [1.807, 2.05) is 0 Å². The lowest BCUT2D eigenvalue weighted by atomic mass is 10.1.